The van der Waals surface area contributed by atoms with Gasteiger partial charge in [-0.3, -0.25) is 9.59 Å². The second-order valence-electron chi connectivity index (χ2n) is 7.48. The Morgan fingerprint density at radius 3 is 2.47 bits per heavy atom. The van der Waals surface area contributed by atoms with E-state index in [1.165, 1.54) is 11.8 Å². The van der Waals surface area contributed by atoms with Crippen LogP contribution in [0.1, 0.15) is 37.7 Å². The maximum absolute atomic E-state index is 12.5. The molecule has 0 saturated carbocycles. The first-order chi connectivity index (χ1) is 14.5. The summed E-state index contributed by atoms with van der Waals surface area (Å²) in [6.07, 6.45) is 0.911. The van der Waals surface area contributed by atoms with Gasteiger partial charge in [-0.2, -0.15) is 0 Å². The highest BCUT2D eigenvalue weighted by atomic mass is 32.2. The van der Waals surface area contributed by atoms with Gasteiger partial charge in [0.15, 0.2) is 0 Å². The van der Waals surface area contributed by atoms with E-state index in [0.29, 0.717) is 0 Å². The molecule has 2 atom stereocenters. The predicted octanol–water partition coefficient (Wildman–Crippen LogP) is 4.45. The Bertz CT molecular complexity index is 967. The van der Waals surface area contributed by atoms with Crippen LogP contribution in [0.2, 0.25) is 0 Å². The molecular weight excluding hydrogens is 396 g/mol. The molecule has 6 nitrogen and oxygen atoms in total. The molecule has 3 aromatic rings. The molecule has 0 aliphatic carbocycles. The lowest BCUT2D eigenvalue weighted by molar-refractivity contribution is -0.119. The van der Waals surface area contributed by atoms with Crippen molar-refractivity contribution in [2.45, 2.75) is 33.2 Å². The lowest BCUT2D eigenvalue weighted by Gasteiger charge is -2.22. The van der Waals surface area contributed by atoms with E-state index in [2.05, 4.69) is 34.4 Å². The van der Waals surface area contributed by atoms with Gasteiger partial charge in [0.2, 0.25) is 11.8 Å². The van der Waals surface area contributed by atoms with Gasteiger partial charge in [0.05, 0.1) is 28.6 Å². The van der Waals surface area contributed by atoms with Crippen LogP contribution in [0.5, 0.6) is 0 Å². The molecular formula is C23H28N4O2S. The first-order valence-electron chi connectivity index (χ1n) is 10.1. The third-order valence-corrected chi connectivity index (χ3v) is 5.97. The van der Waals surface area contributed by atoms with E-state index < -0.39 is 0 Å². The molecule has 0 bridgehead atoms. The topological polar surface area (TPSA) is 86.9 Å². The van der Waals surface area contributed by atoms with Gasteiger partial charge < -0.3 is 15.6 Å². The maximum atomic E-state index is 12.5. The molecule has 7 heteroatoms. The number of anilines is 1. The SMILES string of the molecule is CCC(C)C(NC(=O)CSCC(=O)Nc1ccc(C)cc1)c1nc2ccccc2[nH]1. The molecule has 2 aromatic carbocycles. The van der Waals surface area contributed by atoms with Crippen molar-refractivity contribution in [3.63, 3.8) is 0 Å². The summed E-state index contributed by atoms with van der Waals surface area (Å²) < 4.78 is 0. The Balaban J connectivity index is 1.53. The fraction of sp³-hybridized carbons (Fsp3) is 0.348. The molecule has 0 fully saturated rings. The summed E-state index contributed by atoms with van der Waals surface area (Å²) in [5.41, 5.74) is 3.74. The van der Waals surface area contributed by atoms with Gasteiger partial charge in [0, 0.05) is 5.69 Å². The molecule has 30 heavy (non-hydrogen) atoms. The lowest BCUT2D eigenvalue weighted by atomic mass is 9.98. The van der Waals surface area contributed by atoms with Crippen LogP contribution in [0, 0.1) is 12.8 Å². The van der Waals surface area contributed by atoms with Gasteiger partial charge in [-0.15, -0.1) is 11.8 Å². The van der Waals surface area contributed by atoms with Gasteiger partial charge in [-0.1, -0.05) is 50.1 Å². The van der Waals surface area contributed by atoms with Crippen molar-refractivity contribution in [3.8, 4) is 0 Å². The van der Waals surface area contributed by atoms with Gasteiger partial charge in [-0.25, -0.2) is 4.98 Å². The van der Waals surface area contributed by atoms with Crippen molar-refractivity contribution in [1.29, 1.82) is 0 Å². The number of para-hydroxylation sites is 2. The zero-order valence-electron chi connectivity index (χ0n) is 17.6. The summed E-state index contributed by atoms with van der Waals surface area (Å²) >= 11 is 1.30. The van der Waals surface area contributed by atoms with Crippen LogP contribution in [0.4, 0.5) is 5.69 Å². The number of thioether (sulfide) groups is 1. The zero-order chi connectivity index (χ0) is 21.5. The lowest BCUT2D eigenvalue weighted by Crippen LogP contribution is -2.34. The van der Waals surface area contributed by atoms with Crippen LogP contribution in [0.25, 0.3) is 11.0 Å². The molecule has 3 N–H and O–H groups in total. The van der Waals surface area contributed by atoms with Crippen molar-refractivity contribution in [2.75, 3.05) is 16.8 Å². The Morgan fingerprint density at radius 1 is 1.07 bits per heavy atom. The van der Waals surface area contributed by atoms with E-state index in [9.17, 15) is 9.59 Å². The van der Waals surface area contributed by atoms with E-state index in [1.807, 2.05) is 55.5 Å². The van der Waals surface area contributed by atoms with Gasteiger partial charge in [0.25, 0.3) is 0 Å². The molecule has 0 spiro atoms. The number of aryl methyl sites for hydroxylation is 1. The van der Waals surface area contributed by atoms with Gasteiger partial charge >= 0.3 is 0 Å². The maximum Gasteiger partial charge on any atom is 0.234 e. The number of H-pyrrole nitrogens is 1. The Kier molecular flexibility index (Phi) is 7.52. The molecule has 3 rings (SSSR count). The number of hydrogen-bond donors (Lipinski definition) is 3. The number of aromatic amines is 1. The van der Waals surface area contributed by atoms with E-state index >= 15 is 0 Å². The Morgan fingerprint density at radius 2 is 1.77 bits per heavy atom. The molecule has 0 saturated heterocycles. The van der Waals surface area contributed by atoms with Crippen LogP contribution in [-0.4, -0.2) is 33.3 Å². The largest absolute Gasteiger partial charge is 0.345 e. The van der Waals surface area contributed by atoms with Crippen molar-refractivity contribution in [1.82, 2.24) is 15.3 Å². The molecule has 0 aliphatic heterocycles. The number of benzene rings is 2. The smallest absolute Gasteiger partial charge is 0.234 e. The normalized spacial score (nSPS) is 13.0. The number of imidazole rings is 1. The monoisotopic (exact) mass is 424 g/mol. The minimum atomic E-state index is -0.197. The molecule has 2 unspecified atom stereocenters. The first kappa shape index (κ1) is 21.9. The average molecular weight is 425 g/mol. The predicted molar refractivity (Wildman–Crippen MR) is 124 cm³/mol. The second-order valence-corrected chi connectivity index (χ2v) is 8.46. The van der Waals surface area contributed by atoms with E-state index in [1.54, 1.807) is 0 Å². The van der Waals surface area contributed by atoms with Crippen LogP contribution in [-0.2, 0) is 9.59 Å². The standard InChI is InChI=1S/C23H28N4O2S/c1-4-16(3)22(23-25-18-7-5-6-8-19(18)26-23)27-21(29)14-30-13-20(28)24-17-11-9-15(2)10-12-17/h5-12,16,22H,4,13-14H2,1-3H3,(H,24,28)(H,25,26)(H,27,29). The highest BCUT2D eigenvalue weighted by Crippen LogP contribution is 2.24. The van der Waals surface area contributed by atoms with Crippen molar-refractivity contribution < 1.29 is 9.59 Å². The number of carbonyl (C=O) groups excluding carboxylic acids is 2. The Hall–Kier alpha value is -2.80. The van der Waals surface area contributed by atoms with Crippen molar-refractivity contribution in [2.24, 2.45) is 5.92 Å². The molecule has 1 aromatic heterocycles. The van der Waals surface area contributed by atoms with Gasteiger partial charge in [0.1, 0.15) is 5.82 Å². The van der Waals surface area contributed by atoms with E-state index in [0.717, 1.165) is 34.5 Å². The quantitative estimate of drug-likeness (QED) is 0.474. The minimum Gasteiger partial charge on any atom is -0.345 e. The van der Waals surface area contributed by atoms with E-state index in [-0.39, 0.29) is 35.3 Å². The number of aromatic nitrogens is 2. The van der Waals surface area contributed by atoms with Crippen LogP contribution < -0.4 is 10.6 Å². The molecule has 0 radical (unpaired) electrons. The first-order valence-corrected chi connectivity index (χ1v) is 11.3. The number of rotatable bonds is 9. The summed E-state index contributed by atoms with van der Waals surface area (Å²) in [4.78, 5) is 32.6. The number of nitrogens with zero attached hydrogens (tertiary/aromatic N) is 1. The molecule has 2 amide bonds. The van der Waals surface area contributed by atoms with E-state index in [4.69, 9.17) is 0 Å². The molecule has 0 aliphatic rings. The summed E-state index contributed by atoms with van der Waals surface area (Å²) in [6.45, 7) is 6.19. The van der Waals surface area contributed by atoms with Crippen LogP contribution in [0.15, 0.2) is 48.5 Å². The summed E-state index contributed by atoms with van der Waals surface area (Å²) in [6, 6.07) is 15.3. The fourth-order valence-electron chi connectivity index (χ4n) is 3.12. The van der Waals surface area contributed by atoms with Crippen molar-refractivity contribution in [3.05, 3.63) is 59.9 Å². The highest BCUT2D eigenvalue weighted by molar-refractivity contribution is 8.00. The number of carbonyl (C=O) groups is 2. The second kappa shape index (κ2) is 10.3. The number of fused-ring (bicyclic) bond motifs is 1. The average Bonchev–Trinajstić information content (AvgIpc) is 3.17. The molecule has 158 valence electrons. The van der Waals surface area contributed by atoms with Gasteiger partial charge in [-0.05, 0) is 37.1 Å². The minimum absolute atomic E-state index is 0.103. The fourth-order valence-corrected chi connectivity index (χ4v) is 3.75. The number of nitrogens with one attached hydrogen (secondary N) is 3. The highest BCUT2D eigenvalue weighted by Gasteiger charge is 2.23. The van der Waals surface area contributed by atoms with Crippen molar-refractivity contribution >= 4 is 40.3 Å². The Labute approximate surface area is 181 Å². The third kappa shape index (κ3) is 5.86. The third-order valence-electron chi connectivity index (χ3n) is 5.03. The van der Waals surface area contributed by atoms with Crippen LogP contribution in [0.3, 0.4) is 0 Å². The summed E-state index contributed by atoms with van der Waals surface area (Å²) in [7, 11) is 0. The van der Waals surface area contributed by atoms with Crippen LogP contribution >= 0.6 is 11.8 Å². The summed E-state index contributed by atoms with van der Waals surface area (Å²) in [5, 5.41) is 5.93. The summed E-state index contributed by atoms with van der Waals surface area (Å²) in [5.74, 6) is 1.21. The number of amides is 2. The number of hydrogen-bond acceptors (Lipinski definition) is 4. The zero-order valence-corrected chi connectivity index (χ0v) is 18.4. The molecule has 1 heterocycles.